The van der Waals surface area contributed by atoms with E-state index in [1.807, 2.05) is 20.8 Å². The minimum absolute atomic E-state index is 0.306. The monoisotopic (exact) mass is 308 g/mol. The zero-order chi connectivity index (χ0) is 16.2. The molecule has 6 heteroatoms. The maximum Gasteiger partial charge on any atom is 0.410 e. The molecule has 0 aromatic rings. The molecule has 1 amide bonds. The van der Waals surface area contributed by atoms with Crippen molar-refractivity contribution in [3.05, 3.63) is 0 Å². The molecule has 0 aliphatic carbocycles. The first-order valence-corrected chi connectivity index (χ1v) is 8.21. The largest absolute Gasteiger partial charge is 0.444 e. The van der Waals surface area contributed by atoms with E-state index in [4.69, 9.17) is 4.74 Å². The van der Waals surface area contributed by atoms with Gasteiger partial charge in [-0.15, -0.1) is 0 Å². The van der Waals surface area contributed by atoms with Gasteiger partial charge < -0.3 is 15.0 Å². The molecule has 0 spiro atoms. The summed E-state index contributed by atoms with van der Waals surface area (Å²) in [6, 6.07) is 2.51. The lowest BCUT2D eigenvalue weighted by Crippen LogP contribution is -2.60. The van der Waals surface area contributed by atoms with Gasteiger partial charge in [0.1, 0.15) is 11.1 Å². The Morgan fingerprint density at radius 3 is 2.68 bits per heavy atom. The molecule has 1 unspecified atom stereocenters. The third kappa shape index (κ3) is 4.11. The first-order valence-electron chi connectivity index (χ1n) is 8.21. The highest BCUT2D eigenvalue weighted by molar-refractivity contribution is 5.68. The number of ether oxygens (including phenoxy) is 1. The second-order valence-electron chi connectivity index (χ2n) is 7.24. The lowest BCUT2D eigenvalue weighted by atomic mass is 9.88. The number of nitriles is 1. The van der Waals surface area contributed by atoms with Crippen LogP contribution in [-0.4, -0.2) is 66.3 Å². The van der Waals surface area contributed by atoms with Crippen molar-refractivity contribution in [3.8, 4) is 6.07 Å². The third-order valence-electron chi connectivity index (χ3n) is 4.28. The molecule has 0 radical (unpaired) electrons. The highest BCUT2D eigenvalue weighted by Gasteiger charge is 2.43. The number of hydrogen-bond acceptors (Lipinski definition) is 5. The van der Waals surface area contributed by atoms with Crippen molar-refractivity contribution in [2.24, 2.45) is 0 Å². The van der Waals surface area contributed by atoms with E-state index >= 15 is 0 Å². The van der Waals surface area contributed by atoms with E-state index in [0.717, 1.165) is 45.4 Å². The van der Waals surface area contributed by atoms with Crippen LogP contribution in [0.3, 0.4) is 0 Å². The zero-order valence-electron chi connectivity index (χ0n) is 14.0. The molecule has 1 atom stereocenters. The van der Waals surface area contributed by atoms with Gasteiger partial charge in [-0.3, -0.25) is 4.90 Å². The van der Waals surface area contributed by atoms with E-state index in [1.54, 1.807) is 4.90 Å². The predicted octanol–water partition coefficient (Wildman–Crippen LogP) is 1.57. The molecule has 124 valence electrons. The Bertz CT molecular complexity index is 432. The van der Waals surface area contributed by atoms with Gasteiger partial charge in [0.05, 0.1) is 12.6 Å². The first kappa shape index (κ1) is 17.0. The molecule has 22 heavy (non-hydrogen) atoms. The van der Waals surface area contributed by atoms with Crippen molar-refractivity contribution >= 4 is 6.09 Å². The fourth-order valence-electron chi connectivity index (χ4n) is 3.21. The average Bonchev–Trinajstić information content (AvgIpc) is 2.75. The van der Waals surface area contributed by atoms with Crippen molar-refractivity contribution in [1.82, 2.24) is 15.1 Å². The van der Waals surface area contributed by atoms with Gasteiger partial charge in [0.2, 0.25) is 0 Å². The number of rotatable bonds is 1. The summed E-state index contributed by atoms with van der Waals surface area (Å²) < 4.78 is 5.47. The molecule has 2 fully saturated rings. The van der Waals surface area contributed by atoms with E-state index < -0.39 is 11.1 Å². The molecule has 0 aromatic carbocycles. The van der Waals surface area contributed by atoms with E-state index in [1.165, 1.54) is 0 Å². The van der Waals surface area contributed by atoms with Gasteiger partial charge in [-0.1, -0.05) is 0 Å². The van der Waals surface area contributed by atoms with Crippen LogP contribution in [0.5, 0.6) is 0 Å². The topological polar surface area (TPSA) is 68.6 Å². The number of hydrogen-bond donors (Lipinski definition) is 1. The van der Waals surface area contributed by atoms with Gasteiger partial charge in [0, 0.05) is 26.2 Å². The van der Waals surface area contributed by atoms with Gasteiger partial charge >= 0.3 is 6.09 Å². The molecule has 2 aliphatic rings. The zero-order valence-corrected chi connectivity index (χ0v) is 14.0. The van der Waals surface area contributed by atoms with Crippen LogP contribution >= 0.6 is 0 Å². The highest BCUT2D eigenvalue weighted by Crippen LogP contribution is 2.28. The number of nitrogens with zero attached hydrogens (tertiary/aromatic N) is 3. The summed E-state index contributed by atoms with van der Waals surface area (Å²) in [6.07, 6.45) is 2.40. The van der Waals surface area contributed by atoms with E-state index in [2.05, 4.69) is 16.3 Å². The highest BCUT2D eigenvalue weighted by atomic mass is 16.6. The van der Waals surface area contributed by atoms with Gasteiger partial charge in [0.25, 0.3) is 0 Å². The molecule has 2 saturated heterocycles. The van der Waals surface area contributed by atoms with Gasteiger partial charge in [-0.25, -0.2) is 4.79 Å². The van der Waals surface area contributed by atoms with Crippen molar-refractivity contribution in [2.75, 3.05) is 39.3 Å². The molecule has 0 bridgehead atoms. The molecular weight excluding hydrogens is 280 g/mol. The number of carbonyl (C=O) groups is 1. The lowest BCUT2D eigenvalue weighted by Gasteiger charge is -2.44. The normalized spacial score (nSPS) is 27.8. The minimum Gasteiger partial charge on any atom is -0.444 e. The van der Waals surface area contributed by atoms with E-state index in [0.29, 0.717) is 13.1 Å². The van der Waals surface area contributed by atoms with Crippen LogP contribution in [0.1, 0.15) is 40.0 Å². The van der Waals surface area contributed by atoms with Crippen LogP contribution in [-0.2, 0) is 4.74 Å². The summed E-state index contributed by atoms with van der Waals surface area (Å²) in [7, 11) is 0. The Morgan fingerprint density at radius 1 is 1.23 bits per heavy atom. The Kier molecular flexibility index (Phi) is 5.30. The van der Waals surface area contributed by atoms with Gasteiger partial charge in [-0.2, -0.15) is 5.26 Å². The maximum atomic E-state index is 12.3. The van der Waals surface area contributed by atoms with Gasteiger partial charge in [-0.05, 0) is 46.6 Å². The van der Waals surface area contributed by atoms with Crippen LogP contribution in [0.4, 0.5) is 4.79 Å². The first-order chi connectivity index (χ1) is 10.4. The van der Waals surface area contributed by atoms with Crippen LogP contribution in [0.25, 0.3) is 0 Å². The smallest absolute Gasteiger partial charge is 0.410 e. The Labute approximate surface area is 133 Å². The van der Waals surface area contributed by atoms with E-state index in [9.17, 15) is 10.1 Å². The number of nitrogens with one attached hydrogen (secondary N) is 1. The minimum atomic E-state index is -0.568. The van der Waals surface area contributed by atoms with Crippen molar-refractivity contribution in [2.45, 2.75) is 51.2 Å². The third-order valence-corrected chi connectivity index (χ3v) is 4.28. The molecule has 6 nitrogen and oxygen atoms in total. The van der Waals surface area contributed by atoms with Crippen LogP contribution in [0, 0.1) is 11.3 Å². The number of piperidine rings is 1. The van der Waals surface area contributed by atoms with Crippen LogP contribution < -0.4 is 5.32 Å². The molecular formula is C16H28N4O2. The summed E-state index contributed by atoms with van der Waals surface area (Å²) in [6.45, 7) is 10.4. The van der Waals surface area contributed by atoms with Crippen LogP contribution in [0.15, 0.2) is 0 Å². The Hall–Kier alpha value is -1.32. The fraction of sp³-hybridized carbons (Fsp3) is 0.875. The summed E-state index contributed by atoms with van der Waals surface area (Å²) >= 11 is 0. The average molecular weight is 308 g/mol. The molecule has 2 rings (SSSR count). The number of amides is 1. The SMILES string of the molecule is CC(C)(C)OC(=O)N1CCCC(C#N)(N2CCCNCC2)C1. The Morgan fingerprint density at radius 2 is 2.00 bits per heavy atom. The van der Waals surface area contributed by atoms with Crippen molar-refractivity contribution in [1.29, 1.82) is 5.26 Å². The lowest BCUT2D eigenvalue weighted by molar-refractivity contribution is 0.0000826. The Balaban J connectivity index is 2.09. The molecule has 2 aliphatic heterocycles. The molecule has 0 aromatic heterocycles. The van der Waals surface area contributed by atoms with E-state index in [-0.39, 0.29) is 6.09 Å². The number of likely N-dealkylation sites (tertiary alicyclic amines) is 1. The predicted molar refractivity (Wildman–Crippen MR) is 84.4 cm³/mol. The van der Waals surface area contributed by atoms with Crippen LogP contribution in [0.2, 0.25) is 0 Å². The van der Waals surface area contributed by atoms with Crippen molar-refractivity contribution < 1.29 is 9.53 Å². The number of carbonyl (C=O) groups excluding carboxylic acids is 1. The second kappa shape index (κ2) is 6.84. The molecule has 2 heterocycles. The summed E-state index contributed by atoms with van der Waals surface area (Å²) in [5.74, 6) is 0. The standard InChI is InChI=1S/C16H28N4O2/c1-15(2,3)22-14(21)19-9-4-6-16(12-17,13-19)20-10-5-7-18-8-11-20/h18H,4-11,13H2,1-3H3. The fourth-order valence-corrected chi connectivity index (χ4v) is 3.21. The second-order valence-corrected chi connectivity index (χ2v) is 7.24. The summed E-state index contributed by atoms with van der Waals surface area (Å²) in [5, 5.41) is 13.2. The summed E-state index contributed by atoms with van der Waals surface area (Å²) in [4.78, 5) is 16.3. The quantitative estimate of drug-likeness (QED) is 0.796. The maximum absolute atomic E-state index is 12.3. The summed E-state index contributed by atoms with van der Waals surface area (Å²) in [5.41, 5.74) is -1.07. The van der Waals surface area contributed by atoms with Crippen molar-refractivity contribution in [3.63, 3.8) is 0 Å². The molecule has 1 N–H and O–H groups in total. The molecule has 0 saturated carbocycles. The van der Waals surface area contributed by atoms with Gasteiger partial charge in [0.15, 0.2) is 0 Å².